The highest BCUT2D eigenvalue weighted by Gasteiger charge is 1.98. The molecule has 0 radical (unpaired) electrons. The Balaban J connectivity index is 3.09. The molecular weight excluding hydrogens is 144 g/mol. The van der Waals surface area contributed by atoms with Gasteiger partial charge in [0.05, 0.1) is 6.61 Å². The normalized spacial score (nSPS) is 9.64. The quantitative estimate of drug-likeness (QED) is 0.418. The van der Waals surface area contributed by atoms with Crippen molar-refractivity contribution >= 4 is 5.97 Å². The van der Waals surface area contributed by atoms with Gasteiger partial charge < -0.3 is 9.84 Å². The average Bonchev–Trinajstić information content (AvgIpc) is 2.01. The van der Waals surface area contributed by atoms with Crippen LogP contribution in [0.25, 0.3) is 0 Å². The van der Waals surface area contributed by atoms with Gasteiger partial charge in [0, 0.05) is 6.42 Å². The number of unbranched alkanes of at least 4 members (excludes halogenated alkanes) is 1. The van der Waals surface area contributed by atoms with Crippen LogP contribution in [-0.4, -0.2) is 19.2 Å². The van der Waals surface area contributed by atoms with Crippen molar-refractivity contribution in [3.63, 3.8) is 0 Å². The summed E-state index contributed by atoms with van der Waals surface area (Å²) in [6, 6.07) is 0. The number of rotatable bonds is 6. The van der Waals surface area contributed by atoms with Crippen molar-refractivity contribution in [2.24, 2.45) is 0 Å². The highest BCUT2D eigenvalue weighted by atomic mass is 16.5. The van der Waals surface area contributed by atoms with Gasteiger partial charge in [0.25, 0.3) is 0 Å². The van der Waals surface area contributed by atoms with Gasteiger partial charge in [-0.25, -0.2) is 0 Å². The Morgan fingerprint density at radius 3 is 2.73 bits per heavy atom. The number of ether oxygens (including phenoxy) is 1. The molecule has 0 amide bonds. The van der Waals surface area contributed by atoms with Gasteiger partial charge in [0.2, 0.25) is 0 Å². The molecule has 0 spiro atoms. The van der Waals surface area contributed by atoms with Gasteiger partial charge in [0.1, 0.15) is 0 Å². The maximum Gasteiger partial charge on any atom is 0.305 e. The zero-order valence-corrected chi connectivity index (χ0v) is 6.97. The molecule has 0 aromatic rings. The molecule has 66 valence electrons. The second-order valence-electron chi connectivity index (χ2n) is 2.38. The SMILES string of the molecule is CCCCOC(=O)CCC[O-]. The monoisotopic (exact) mass is 159 g/mol. The Morgan fingerprint density at radius 2 is 2.18 bits per heavy atom. The molecule has 3 nitrogen and oxygen atoms in total. The van der Waals surface area contributed by atoms with Gasteiger partial charge in [-0.2, -0.15) is 0 Å². The minimum absolute atomic E-state index is 0.192. The third-order valence-corrected chi connectivity index (χ3v) is 1.29. The lowest BCUT2D eigenvalue weighted by molar-refractivity contribution is -0.368. The molecule has 0 bridgehead atoms. The Hall–Kier alpha value is -0.570. The number of hydrogen-bond acceptors (Lipinski definition) is 3. The first-order valence-electron chi connectivity index (χ1n) is 4.05. The lowest BCUT2D eigenvalue weighted by Gasteiger charge is -2.04. The molecule has 0 heterocycles. The summed E-state index contributed by atoms with van der Waals surface area (Å²) in [4.78, 5) is 10.7. The van der Waals surface area contributed by atoms with Crippen molar-refractivity contribution < 1.29 is 14.6 Å². The van der Waals surface area contributed by atoms with Crippen LogP contribution in [0.1, 0.15) is 32.6 Å². The summed E-state index contributed by atoms with van der Waals surface area (Å²) in [6.45, 7) is 2.34. The number of carbonyl (C=O) groups is 1. The Bertz CT molecular complexity index is 102. The van der Waals surface area contributed by atoms with Crippen molar-refractivity contribution in [1.82, 2.24) is 0 Å². The summed E-state index contributed by atoms with van der Waals surface area (Å²) in [5.74, 6) is -0.241. The molecule has 0 aromatic carbocycles. The Kier molecular flexibility index (Phi) is 7.15. The number of hydrogen-bond donors (Lipinski definition) is 0. The van der Waals surface area contributed by atoms with Crippen LogP contribution in [0.5, 0.6) is 0 Å². The van der Waals surface area contributed by atoms with Gasteiger partial charge in [-0.1, -0.05) is 19.8 Å². The number of carbonyl (C=O) groups excluding carboxylic acids is 1. The molecule has 0 rings (SSSR count). The van der Waals surface area contributed by atoms with Crippen molar-refractivity contribution in [1.29, 1.82) is 0 Å². The van der Waals surface area contributed by atoms with Crippen LogP contribution in [-0.2, 0) is 9.53 Å². The Labute approximate surface area is 67.4 Å². The van der Waals surface area contributed by atoms with Gasteiger partial charge in [0.15, 0.2) is 0 Å². The minimum atomic E-state index is -0.241. The van der Waals surface area contributed by atoms with Gasteiger partial charge in [-0.05, 0) is 6.42 Å². The summed E-state index contributed by atoms with van der Waals surface area (Å²) in [5.41, 5.74) is 0. The third-order valence-electron chi connectivity index (χ3n) is 1.29. The van der Waals surface area contributed by atoms with E-state index in [1.165, 1.54) is 0 Å². The maximum atomic E-state index is 10.7. The molecule has 0 aliphatic carbocycles. The zero-order chi connectivity index (χ0) is 8.53. The fourth-order valence-corrected chi connectivity index (χ4v) is 0.619. The smallest absolute Gasteiger partial charge is 0.305 e. The van der Waals surface area contributed by atoms with Crippen LogP contribution in [0.4, 0.5) is 0 Å². The summed E-state index contributed by atoms with van der Waals surface area (Å²) >= 11 is 0. The molecule has 0 saturated heterocycles. The lowest BCUT2D eigenvalue weighted by Crippen LogP contribution is -2.11. The molecule has 3 heteroatoms. The van der Waals surface area contributed by atoms with Gasteiger partial charge >= 0.3 is 5.97 Å². The topological polar surface area (TPSA) is 49.4 Å². The van der Waals surface area contributed by atoms with Gasteiger partial charge in [-0.15, -0.1) is 6.61 Å². The predicted molar refractivity (Wildman–Crippen MR) is 40.0 cm³/mol. The van der Waals surface area contributed by atoms with Crippen molar-refractivity contribution in [2.45, 2.75) is 32.6 Å². The first-order valence-corrected chi connectivity index (χ1v) is 4.05. The van der Waals surface area contributed by atoms with E-state index in [4.69, 9.17) is 4.74 Å². The van der Waals surface area contributed by atoms with Crippen molar-refractivity contribution in [3.8, 4) is 0 Å². The van der Waals surface area contributed by atoms with Crippen LogP contribution in [0.3, 0.4) is 0 Å². The summed E-state index contributed by atoms with van der Waals surface area (Å²) in [7, 11) is 0. The van der Waals surface area contributed by atoms with Crippen molar-refractivity contribution in [2.75, 3.05) is 13.2 Å². The van der Waals surface area contributed by atoms with Crippen LogP contribution in [0.2, 0.25) is 0 Å². The molecule has 0 aliphatic heterocycles. The lowest BCUT2D eigenvalue weighted by atomic mass is 10.3. The van der Waals surface area contributed by atoms with E-state index in [9.17, 15) is 9.90 Å². The highest BCUT2D eigenvalue weighted by molar-refractivity contribution is 5.69. The fraction of sp³-hybridized carbons (Fsp3) is 0.875. The van der Waals surface area contributed by atoms with E-state index in [1.54, 1.807) is 0 Å². The molecule has 0 saturated carbocycles. The van der Waals surface area contributed by atoms with E-state index in [-0.39, 0.29) is 19.0 Å². The third kappa shape index (κ3) is 7.33. The summed E-state index contributed by atoms with van der Waals surface area (Å²) in [5, 5.41) is 9.96. The van der Waals surface area contributed by atoms with Crippen LogP contribution < -0.4 is 5.11 Å². The van der Waals surface area contributed by atoms with E-state index in [1.807, 2.05) is 6.92 Å². The highest BCUT2D eigenvalue weighted by Crippen LogP contribution is 1.93. The van der Waals surface area contributed by atoms with Crippen molar-refractivity contribution in [3.05, 3.63) is 0 Å². The van der Waals surface area contributed by atoms with Gasteiger partial charge in [-0.3, -0.25) is 4.79 Å². The zero-order valence-electron chi connectivity index (χ0n) is 6.97. The first kappa shape index (κ1) is 10.4. The minimum Gasteiger partial charge on any atom is -0.854 e. The van der Waals surface area contributed by atoms with E-state index in [0.717, 1.165) is 12.8 Å². The van der Waals surface area contributed by atoms with Crippen LogP contribution in [0.15, 0.2) is 0 Å². The van der Waals surface area contributed by atoms with Crippen LogP contribution >= 0.6 is 0 Å². The molecule has 11 heavy (non-hydrogen) atoms. The first-order chi connectivity index (χ1) is 5.31. The van der Waals surface area contributed by atoms with E-state index < -0.39 is 0 Å². The predicted octanol–water partition coefficient (Wildman–Crippen LogP) is 0.470. The molecule has 0 unspecified atom stereocenters. The Morgan fingerprint density at radius 1 is 1.45 bits per heavy atom. The van der Waals surface area contributed by atoms with E-state index in [2.05, 4.69) is 0 Å². The molecule has 0 aromatic heterocycles. The second kappa shape index (κ2) is 7.54. The van der Waals surface area contributed by atoms with Crippen LogP contribution in [0, 0.1) is 0 Å². The second-order valence-corrected chi connectivity index (χ2v) is 2.38. The maximum absolute atomic E-state index is 10.7. The average molecular weight is 159 g/mol. The molecule has 0 atom stereocenters. The molecule has 0 fully saturated rings. The molecule has 0 N–H and O–H groups in total. The summed E-state index contributed by atoms with van der Waals surface area (Å²) < 4.78 is 4.81. The largest absolute Gasteiger partial charge is 0.854 e. The van der Waals surface area contributed by atoms with E-state index >= 15 is 0 Å². The molecular formula is C8H15O3-. The number of esters is 1. The van der Waals surface area contributed by atoms with E-state index in [0.29, 0.717) is 13.0 Å². The summed E-state index contributed by atoms with van der Waals surface area (Å²) in [6.07, 6.45) is 2.59. The molecule has 0 aliphatic rings. The fourth-order valence-electron chi connectivity index (χ4n) is 0.619. The standard InChI is InChI=1S/C8H15O3/c1-2-3-7-11-8(10)5-4-6-9/h2-7H2,1H3/q-1.